The molecule has 0 atom stereocenters. The van der Waals surface area contributed by atoms with Crippen LogP contribution in [-0.4, -0.2) is 66.4 Å². The number of benzene rings is 1. The second kappa shape index (κ2) is 10.7. The zero-order valence-electron chi connectivity index (χ0n) is 12.4. The molecule has 1 aromatic carbocycles. The molecular formula is C15H22N2O5. The van der Waals surface area contributed by atoms with Crippen LogP contribution in [0.4, 0.5) is 0 Å². The summed E-state index contributed by atoms with van der Waals surface area (Å²) in [5.41, 5.74) is 0.878. The third kappa shape index (κ3) is 6.66. The first-order valence-electron chi connectivity index (χ1n) is 7.09. The van der Waals surface area contributed by atoms with Crippen molar-refractivity contribution in [2.24, 2.45) is 0 Å². The lowest BCUT2D eigenvalue weighted by Crippen LogP contribution is -2.44. The van der Waals surface area contributed by atoms with Gasteiger partial charge in [-0.1, -0.05) is 30.3 Å². The van der Waals surface area contributed by atoms with Gasteiger partial charge in [0, 0.05) is 19.6 Å². The Morgan fingerprint density at radius 1 is 1.09 bits per heavy atom. The van der Waals surface area contributed by atoms with Crippen molar-refractivity contribution in [2.75, 3.05) is 39.5 Å². The number of hydrogen-bond donors (Lipinski definition) is 3. The summed E-state index contributed by atoms with van der Waals surface area (Å²) < 4.78 is 4.99. The Morgan fingerprint density at radius 2 is 1.82 bits per heavy atom. The molecule has 1 aromatic rings. The van der Waals surface area contributed by atoms with Crippen molar-refractivity contribution in [3.8, 4) is 0 Å². The van der Waals surface area contributed by atoms with E-state index in [0.29, 0.717) is 0 Å². The molecule has 0 unspecified atom stereocenters. The van der Waals surface area contributed by atoms with Gasteiger partial charge in [-0.05, 0) is 5.56 Å². The number of hydrogen-bond acceptors (Lipinski definition) is 5. The highest BCUT2D eigenvalue weighted by Crippen LogP contribution is 2.04. The van der Waals surface area contributed by atoms with Gasteiger partial charge in [0.2, 0.25) is 0 Å². The number of aliphatic hydroxyl groups is 2. The fourth-order valence-electron chi connectivity index (χ4n) is 1.80. The van der Waals surface area contributed by atoms with Gasteiger partial charge >= 0.3 is 11.8 Å². The Labute approximate surface area is 129 Å². The summed E-state index contributed by atoms with van der Waals surface area (Å²) in [4.78, 5) is 25.2. The number of rotatable bonds is 9. The lowest BCUT2D eigenvalue weighted by atomic mass is 10.2. The first-order chi connectivity index (χ1) is 10.7. The maximum atomic E-state index is 12.1. The molecule has 0 spiro atoms. The van der Waals surface area contributed by atoms with Crippen molar-refractivity contribution in [2.45, 2.75) is 6.54 Å². The highest BCUT2D eigenvalue weighted by atomic mass is 16.5. The maximum absolute atomic E-state index is 12.1. The molecule has 0 aliphatic carbocycles. The van der Waals surface area contributed by atoms with Gasteiger partial charge in [-0.3, -0.25) is 9.59 Å². The number of nitrogens with one attached hydrogen (secondary N) is 1. The van der Waals surface area contributed by atoms with E-state index in [1.54, 1.807) is 0 Å². The number of amides is 2. The molecule has 0 bridgehead atoms. The Balaban J connectivity index is 2.47. The fraction of sp³-hybridized carbons (Fsp3) is 0.467. The summed E-state index contributed by atoms with van der Waals surface area (Å²) in [6.07, 6.45) is 0. The number of ether oxygens (including phenoxy) is 1. The molecule has 1 rings (SSSR count). The van der Waals surface area contributed by atoms with Gasteiger partial charge in [0.1, 0.15) is 0 Å². The van der Waals surface area contributed by atoms with Gasteiger partial charge in [-0.15, -0.1) is 0 Å². The van der Waals surface area contributed by atoms with Crippen LogP contribution in [0.25, 0.3) is 0 Å². The minimum Gasteiger partial charge on any atom is -0.395 e. The molecule has 22 heavy (non-hydrogen) atoms. The normalized spacial score (nSPS) is 10.3. The van der Waals surface area contributed by atoms with Crippen LogP contribution in [0.1, 0.15) is 5.56 Å². The first kappa shape index (κ1) is 18.1. The van der Waals surface area contributed by atoms with Crippen LogP contribution in [-0.2, 0) is 20.9 Å². The van der Waals surface area contributed by atoms with E-state index in [2.05, 4.69) is 5.32 Å². The molecule has 0 aliphatic heterocycles. The molecule has 0 aromatic heterocycles. The Morgan fingerprint density at radius 3 is 2.45 bits per heavy atom. The van der Waals surface area contributed by atoms with E-state index in [-0.39, 0.29) is 46.1 Å². The van der Waals surface area contributed by atoms with E-state index in [1.807, 2.05) is 30.3 Å². The minimum absolute atomic E-state index is 0.0855. The van der Waals surface area contributed by atoms with Crippen LogP contribution in [0, 0.1) is 0 Å². The van der Waals surface area contributed by atoms with Crippen molar-refractivity contribution in [1.29, 1.82) is 0 Å². The molecule has 0 heterocycles. The SMILES string of the molecule is O=C(NCCOCCO)C(=O)N(CCO)Cc1ccccc1. The first-order valence-corrected chi connectivity index (χ1v) is 7.09. The van der Waals surface area contributed by atoms with Crippen molar-refractivity contribution < 1.29 is 24.5 Å². The summed E-state index contributed by atoms with van der Waals surface area (Å²) in [5.74, 6) is -1.43. The molecule has 0 fully saturated rings. The van der Waals surface area contributed by atoms with Crippen LogP contribution in [0.3, 0.4) is 0 Å². The van der Waals surface area contributed by atoms with E-state index >= 15 is 0 Å². The lowest BCUT2D eigenvalue weighted by Gasteiger charge is -2.21. The van der Waals surface area contributed by atoms with E-state index < -0.39 is 11.8 Å². The summed E-state index contributed by atoms with van der Waals surface area (Å²) in [6.45, 7) is 0.631. The number of aliphatic hydroxyl groups excluding tert-OH is 2. The van der Waals surface area contributed by atoms with Gasteiger partial charge in [-0.25, -0.2) is 0 Å². The average Bonchev–Trinajstić information content (AvgIpc) is 2.54. The summed E-state index contributed by atoms with van der Waals surface area (Å²) >= 11 is 0. The molecule has 0 saturated heterocycles. The van der Waals surface area contributed by atoms with E-state index in [9.17, 15) is 9.59 Å². The zero-order valence-corrected chi connectivity index (χ0v) is 12.4. The molecule has 122 valence electrons. The van der Waals surface area contributed by atoms with Crippen molar-refractivity contribution in [3.63, 3.8) is 0 Å². The van der Waals surface area contributed by atoms with Crippen molar-refractivity contribution in [1.82, 2.24) is 10.2 Å². The smallest absolute Gasteiger partial charge is 0.312 e. The van der Waals surface area contributed by atoms with Crippen LogP contribution < -0.4 is 5.32 Å². The van der Waals surface area contributed by atoms with Crippen molar-refractivity contribution in [3.05, 3.63) is 35.9 Å². The van der Waals surface area contributed by atoms with Crippen LogP contribution in [0.2, 0.25) is 0 Å². The van der Waals surface area contributed by atoms with E-state index in [0.717, 1.165) is 5.56 Å². The van der Waals surface area contributed by atoms with Crippen LogP contribution >= 0.6 is 0 Å². The highest BCUT2D eigenvalue weighted by molar-refractivity contribution is 6.34. The molecule has 0 radical (unpaired) electrons. The largest absolute Gasteiger partial charge is 0.395 e. The summed E-state index contributed by atoms with van der Waals surface area (Å²) in [6, 6.07) is 9.24. The third-order valence-electron chi connectivity index (χ3n) is 2.84. The predicted octanol–water partition coefficient (Wildman–Crippen LogP) is -0.867. The second-order valence-electron chi connectivity index (χ2n) is 4.53. The monoisotopic (exact) mass is 310 g/mol. The Kier molecular flexibility index (Phi) is 8.82. The third-order valence-corrected chi connectivity index (χ3v) is 2.84. The van der Waals surface area contributed by atoms with Gasteiger partial charge < -0.3 is 25.2 Å². The molecule has 2 amide bonds. The number of nitrogens with zero attached hydrogens (tertiary/aromatic N) is 1. The topological polar surface area (TPSA) is 99.1 Å². The van der Waals surface area contributed by atoms with Gasteiger partial charge in [-0.2, -0.15) is 0 Å². The van der Waals surface area contributed by atoms with Crippen LogP contribution in [0.15, 0.2) is 30.3 Å². The van der Waals surface area contributed by atoms with Crippen LogP contribution in [0.5, 0.6) is 0 Å². The molecule has 0 saturated carbocycles. The molecule has 7 heteroatoms. The molecule has 3 N–H and O–H groups in total. The quantitative estimate of drug-likeness (QED) is 0.407. The molecular weight excluding hydrogens is 288 g/mol. The second-order valence-corrected chi connectivity index (χ2v) is 4.53. The average molecular weight is 310 g/mol. The van der Waals surface area contributed by atoms with Crippen molar-refractivity contribution >= 4 is 11.8 Å². The number of carbonyl (C=O) groups is 2. The Hall–Kier alpha value is -1.96. The Bertz CT molecular complexity index is 453. The predicted molar refractivity (Wildman–Crippen MR) is 79.9 cm³/mol. The fourth-order valence-corrected chi connectivity index (χ4v) is 1.80. The standard InChI is InChI=1S/C15H22N2O5/c18-8-7-17(12-13-4-2-1-3-5-13)15(21)14(20)16-6-10-22-11-9-19/h1-5,18-19H,6-12H2,(H,16,20). The van der Waals surface area contributed by atoms with Gasteiger partial charge in [0.25, 0.3) is 0 Å². The van der Waals surface area contributed by atoms with E-state index in [1.165, 1.54) is 4.90 Å². The summed E-state index contributed by atoms with van der Waals surface area (Å²) in [5, 5.41) is 20.0. The zero-order chi connectivity index (χ0) is 16.2. The lowest BCUT2D eigenvalue weighted by molar-refractivity contribution is -0.146. The molecule has 0 aliphatic rings. The van der Waals surface area contributed by atoms with Gasteiger partial charge in [0.15, 0.2) is 0 Å². The van der Waals surface area contributed by atoms with E-state index in [4.69, 9.17) is 14.9 Å². The maximum Gasteiger partial charge on any atom is 0.312 e. The molecule has 7 nitrogen and oxygen atoms in total. The number of carbonyl (C=O) groups excluding carboxylic acids is 2. The highest BCUT2D eigenvalue weighted by Gasteiger charge is 2.21. The summed E-state index contributed by atoms with van der Waals surface area (Å²) in [7, 11) is 0. The minimum atomic E-state index is -0.739. The van der Waals surface area contributed by atoms with Gasteiger partial charge in [0.05, 0.1) is 26.4 Å².